The molecule has 3 aromatic carbocycles. The first-order chi connectivity index (χ1) is 47.9. The molecule has 6 aliphatic rings. The quantitative estimate of drug-likeness (QED) is 0.106. The highest BCUT2D eigenvalue weighted by atomic mass is 16.5. The van der Waals surface area contributed by atoms with Crippen LogP contribution in [-0.4, -0.2) is 156 Å². The van der Waals surface area contributed by atoms with Crippen molar-refractivity contribution in [3.8, 4) is 11.5 Å². The van der Waals surface area contributed by atoms with Crippen molar-refractivity contribution in [1.29, 1.82) is 0 Å². The van der Waals surface area contributed by atoms with Gasteiger partial charge in [-0.25, -0.2) is 28.5 Å². The molecule has 12 heterocycles. The summed E-state index contributed by atoms with van der Waals surface area (Å²) in [5, 5.41) is 14.6. The molecule has 6 saturated heterocycles. The van der Waals surface area contributed by atoms with E-state index in [1.54, 1.807) is 21.3 Å². The number of hydrogen-bond acceptors (Lipinski definition) is 15. The lowest BCUT2D eigenvalue weighted by molar-refractivity contribution is 0.0596. The van der Waals surface area contributed by atoms with Crippen LogP contribution in [0.1, 0.15) is 197 Å². The highest BCUT2D eigenvalue weighted by Gasteiger charge is 2.36. The summed E-state index contributed by atoms with van der Waals surface area (Å²) in [5.74, 6) is 6.84. The molecule has 0 radical (unpaired) electrons. The normalized spacial score (nSPS) is 21.1. The number of ether oxygens (including phenoxy) is 3. The van der Waals surface area contributed by atoms with Gasteiger partial charge in [0.1, 0.15) is 29.0 Å². The Bertz CT molecular complexity index is 4390. The fourth-order valence-corrected chi connectivity index (χ4v) is 15.8. The van der Waals surface area contributed by atoms with Crippen LogP contribution >= 0.6 is 0 Å². The number of rotatable bonds is 13. The van der Waals surface area contributed by atoms with E-state index in [9.17, 15) is 14.4 Å². The van der Waals surface area contributed by atoms with Crippen molar-refractivity contribution in [2.45, 2.75) is 157 Å². The third kappa shape index (κ3) is 14.5. The summed E-state index contributed by atoms with van der Waals surface area (Å²) in [7, 11) is 4.95. The Hall–Kier alpha value is -9.11. The van der Waals surface area contributed by atoms with Crippen LogP contribution in [0.15, 0.2) is 97.5 Å². The van der Waals surface area contributed by atoms with E-state index in [-0.39, 0.29) is 35.8 Å². The lowest BCUT2D eigenvalue weighted by atomic mass is 9.97. The fourth-order valence-electron chi connectivity index (χ4n) is 15.8. The van der Waals surface area contributed by atoms with Gasteiger partial charge in [-0.3, -0.25) is 14.4 Å². The van der Waals surface area contributed by atoms with Gasteiger partial charge >= 0.3 is 0 Å². The van der Waals surface area contributed by atoms with Crippen LogP contribution < -0.4 is 24.2 Å². The summed E-state index contributed by atoms with van der Waals surface area (Å²) < 4.78 is 21.7. The second-order valence-corrected chi connectivity index (χ2v) is 28.9. The first-order valence-corrected chi connectivity index (χ1v) is 36.1. The average molecular weight is 1340 g/mol. The number of amides is 3. The van der Waals surface area contributed by atoms with E-state index < -0.39 is 0 Å². The van der Waals surface area contributed by atoms with Gasteiger partial charge in [0.15, 0.2) is 16.9 Å². The molecule has 3 amide bonds. The molecular weight excluding hydrogens is 1240 g/mol. The number of likely N-dealkylation sites (tertiary alicyclic amines) is 3. The minimum Gasteiger partial charge on any atom is -0.497 e. The molecule has 0 bridgehead atoms. The van der Waals surface area contributed by atoms with Crippen LogP contribution in [-0.2, 0) is 11.3 Å². The summed E-state index contributed by atoms with van der Waals surface area (Å²) in [4.78, 5) is 68.6. The van der Waals surface area contributed by atoms with Crippen molar-refractivity contribution in [1.82, 2.24) is 58.5 Å². The zero-order valence-electron chi connectivity index (χ0n) is 59.9. The number of fused-ring (bicyclic) bond motifs is 3. The van der Waals surface area contributed by atoms with E-state index in [1.165, 1.54) is 19.3 Å². The van der Waals surface area contributed by atoms with E-state index in [0.29, 0.717) is 41.2 Å². The van der Waals surface area contributed by atoms with Gasteiger partial charge in [0.2, 0.25) is 0 Å². The van der Waals surface area contributed by atoms with Crippen LogP contribution in [0.25, 0.3) is 16.9 Å². The fraction of sp³-hybridized carbons (Fsp3) is 0.500. The zero-order valence-corrected chi connectivity index (χ0v) is 59.9. The second-order valence-electron chi connectivity index (χ2n) is 28.9. The summed E-state index contributed by atoms with van der Waals surface area (Å²) in [5.41, 5.74) is 13.7. The number of nitrogens with zero attached hydrogens (tertiary/aromatic N) is 15. The number of aryl methyl sites for hydroxylation is 5. The minimum absolute atomic E-state index is 0.00758. The van der Waals surface area contributed by atoms with Crippen LogP contribution in [0.4, 0.5) is 17.5 Å². The van der Waals surface area contributed by atoms with Gasteiger partial charge in [0.25, 0.3) is 17.7 Å². The van der Waals surface area contributed by atoms with E-state index in [1.807, 2.05) is 103 Å². The number of benzene rings is 3. The van der Waals surface area contributed by atoms with Crippen molar-refractivity contribution in [2.24, 2.45) is 17.8 Å². The Morgan fingerprint density at radius 3 is 1.24 bits per heavy atom. The Morgan fingerprint density at radius 2 is 0.859 bits per heavy atom. The van der Waals surface area contributed by atoms with Gasteiger partial charge in [0, 0.05) is 131 Å². The third-order valence-electron chi connectivity index (χ3n) is 21.2. The van der Waals surface area contributed by atoms with E-state index in [0.717, 1.165) is 213 Å². The number of carbonyl (C=O) groups excluding carboxylic acids is 3. The van der Waals surface area contributed by atoms with Crippen molar-refractivity contribution >= 4 is 52.1 Å². The summed E-state index contributed by atoms with van der Waals surface area (Å²) >= 11 is 0. The van der Waals surface area contributed by atoms with Crippen molar-refractivity contribution in [3.05, 3.63) is 165 Å². The number of hydrogen-bond donors (Lipinski definition) is 0. The molecule has 9 aromatic rings. The van der Waals surface area contributed by atoms with Crippen LogP contribution in [0.2, 0.25) is 0 Å². The van der Waals surface area contributed by atoms with Crippen LogP contribution in [0.3, 0.4) is 0 Å². The standard InChI is InChI=1S/3C26H33N5O2/c1-17-11-13-29(15-17)25-19(3)16-31-23(27-25)14-21(28-31)22-10-5-6-12-30(22)26(32)20-9-7-8-18(2)24(20)33-4;1-17-10-12-29(15-17)25-19(3)16-31-24(27-25)14-22(28-31)23-7-5-6-11-30(23)26(32)21-9-8-20(33-4)13-18(21)2;1-18-11-13-29(15-18)25-19(2)16-31-24(27-25)14-22(28-31)23-6-4-5-12-30(23)26(32)21-9-7-20(8-10-21)17-33-3/h7-9,14,16-17,22H,5-6,10-13,15H2,1-4H3;8-9,13-14,16-17,23H,5-7,10-12,15H2,1-4H3;7-10,14,16,18,23H,4-6,11-13,15,17H2,1-3H3/t17-,22-;17-,23-;18-,23-/m000/s1. The molecule has 0 aliphatic carbocycles. The lowest BCUT2D eigenvalue weighted by Crippen LogP contribution is -2.39. The molecule has 6 aromatic heterocycles. The number of para-hydroxylation sites is 1. The Labute approximate surface area is 582 Å². The van der Waals surface area contributed by atoms with E-state index in [2.05, 4.69) is 93.0 Å². The maximum atomic E-state index is 13.6. The molecule has 6 aliphatic heterocycles. The molecule has 0 unspecified atom stereocenters. The summed E-state index contributed by atoms with van der Waals surface area (Å²) in [6.07, 6.45) is 18.9. The first-order valence-electron chi connectivity index (χ1n) is 36.1. The smallest absolute Gasteiger partial charge is 0.258 e. The largest absolute Gasteiger partial charge is 0.497 e. The molecule has 0 spiro atoms. The maximum absolute atomic E-state index is 13.6. The SMILES string of the molecule is COCc1ccc(C(=O)N2CCCC[C@H]2c2cc3nc(N4CC[C@H](C)C4)c(C)cn3n2)cc1.COc1c(C)cccc1C(=O)N1CCCC[C@H]1c1cc2nc(N3CC[C@H](C)C3)c(C)cn2n1.COc1ccc(C(=O)N2CCCC[C@H]2c2cc3nc(N4CC[C@H](C)C4)c(C)cn3n2)c(C)c1. The highest BCUT2D eigenvalue weighted by molar-refractivity contribution is 5.98. The van der Waals surface area contributed by atoms with Crippen molar-refractivity contribution in [3.63, 3.8) is 0 Å². The van der Waals surface area contributed by atoms with E-state index in [4.69, 9.17) is 44.5 Å². The topological polar surface area (TPSA) is 189 Å². The molecule has 21 nitrogen and oxygen atoms in total. The minimum atomic E-state index is -0.0614. The monoisotopic (exact) mass is 1340 g/mol. The molecule has 99 heavy (non-hydrogen) atoms. The van der Waals surface area contributed by atoms with Crippen molar-refractivity contribution in [2.75, 3.05) is 94.9 Å². The predicted molar refractivity (Wildman–Crippen MR) is 387 cm³/mol. The number of piperidine rings is 3. The molecule has 0 saturated carbocycles. The first kappa shape index (κ1) is 68.4. The average Bonchev–Trinajstić information content (AvgIpc) is 1.68. The molecular formula is C78H99N15O6. The number of methoxy groups -OCH3 is 3. The Kier molecular flexibility index (Phi) is 20.6. The Morgan fingerprint density at radius 1 is 0.434 bits per heavy atom. The molecule has 6 fully saturated rings. The highest BCUT2D eigenvalue weighted by Crippen LogP contribution is 2.39. The summed E-state index contributed by atoms with van der Waals surface area (Å²) in [6.45, 7) is 26.2. The van der Waals surface area contributed by atoms with Gasteiger partial charge < -0.3 is 43.6 Å². The molecule has 21 heteroatoms. The van der Waals surface area contributed by atoms with Gasteiger partial charge in [0.05, 0.1) is 61.6 Å². The second kappa shape index (κ2) is 29.8. The zero-order chi connectivity index (χ0) is 69.2. The predicted octanol–water partition coefficient (Wildman–Crippen LogP) is 13.5. The molecule has 0 N–H and O–H groups in total. The van der Waals surface area contributed by atoms with Gasteiger partial charge in [-0.2, -0.15) is 15.3 Å². The van der Waals surface area contributed by atoms with Crippen molar-refractivity contribution < 1.29 is 28.6 Å². The molecule has 15 rings (SSSR count). The van der Waals surface area contributed by atoms with E-state index >= 15 is 0 Å². The molecule has 522 valence electrons. The number of aromatic nitrogens is 9. The van der Waals surface area contributed by atoms with Crippen LogP contribution in [0.5, 0.6) is 11.5 Å². The van der Waals surface area contributed by atoms with Crippen LogP contribution in [0, 0.1) is 52.4 Å². The maximum Gasteiger partial charge on any atom is 0.258 e. The third-order valence-corrected chi connectivity index (χ3v) is 21.2. The number of anilines is 3. The Balaban J connectivity index is 0.000000133. The van der Waals surface area contributed by atoms with Gasteiger partial charge in [-0.15, -0.1) is 0 Å². The van der Waals surface area contributed by atoms with Gasteiger partial charge in [-0.1, -0.05) is 45.0 Å². The number of carbonyl (C=O) groups is 3. The summed E-state index contributed by atoms with van der Waals surface area (Å²) in [6, 6.07) is 25.2. The molecule has 6 atom stereocenters. The lowest BCUT2D eigenvalue weighted by Gasteiger charge is -2.35. The van der Waals surface area contributed by atoms with Gasteiger partial charge in [-0.05, 0) is 183 Å².